The monoisotopic (exact) mass is 193 g/mol. The van der Waals surface area contributed by atoms with Crippen molar-refractivity contribution in [3.05, 3.63) is 29.8 Å². The highest BCUT2D eigenvalue weighted by Gasteiger charge is 2.03. The second kappa shape index (κ2) is 5.01. The number of oxime groups is 1. The van der Waals surface area contributed by atoms with Gasteiger partial charge in [0.25, 0.3) is 0 Å². The maximum atomic E-state index is 10.5. The molecule has 4 heteroatoms. The molecule has 4 nitrogen and oxygen atoms in total. The number of rotatable bonds is 4. The molecule has 0 bridgehead atoms. The van der Waals surface area contributed by atoms with E-state index < -0.39 is 0 Å². The Labute approximate surface area is 81.8 Å². The summed E-state index contributed by atoms with van der Waals surface area (Å²) in [7, 11) is 0. The summed E-state index contributed by atoms with van der Waals surface area (Å²) in [5, 5.41) is 11.4. The Morgan fingerprint density at radius 1 is 1.64 bits per heavy atom. The van der Waals surface area contributed by atoms with Crippen molar-refractivity contribution in [2.45, 2.75) is 6.92 Å². The molecule has 0 spiro atoms. The molecule has 0 aliphatic rings. The van der Waals surface area contributed by atoms with Gasteiger partial charge in [0.2, 0.25) is 0 Å². The topological polar surface area (TPSA) is 58.9 Å². The molecule has 0 atom stereocenters. The molecule has 1 aromatic rings. The first-order valence-electron chi connectivity index (χ1n) is 4.22. The van der Waals surface area contributed by atoms with Crippen molar-refractivity contribution in [1.29, 1.82) is 0 Å². The molecule has 0 radical (unpaired) electrons. The lowest BCUT2D eigenvalue weighted by Crippen LogP contribution is -2.02. The van der Waals surface area contributed by atoms with Gasteiger partial charge in [0.05, 0.1) is 6.61 Å². The number of nitrogens with zero attached hydrogens (tertiary/aromatic N) is 1. The van der Waals surface area contributed by atoms with E-state index in [4.69, 9.17) is 9.94 Å². The van der Waals surface area contributed by atoms with Crippen LogP contribution in [-0.4, -0.2) is 23.8 Å². The van der Waals surface area contributed by atoms with Crippen LogP contribution in [0.2, 0.25) is 0 Å². The Hall–Kier alpha value is -1.84. The van der Waals surface area contributed by atoms with Gasteiger partial charge in [-0.05, 0) is 19.1 Å². The standard InChI is InChI=1S/C10H11NO3/c1-2-14-9-5-3-4-8(6-9)10(7-12)11-13/h3-7,13H,2H2,1H3. The fourth-order valence-corrected chi connectivity index (χ4v) is 1.06. The number of benzene rings is 1. The van der Waals surface area contributed by atoms with Crippen LogP contribution in [0.5, 0.6) is 5.75 Å². The Morgan fingerprint density at radius 3 is 3.00 bits per heavy atom. The van der Waals surface area contributed by atoms with E-state index >= 15 is 0 Å². The van der Waals surface area contributed by atoms with Crippen LogP contribution in [-0.2, 0) is 4.79 Å². The maximum absolute atomic E-state index is 10.5. The zero-order valence-electron chi connectivity index (χ0n) is 7.80. The highest BCUT2D eigenvalue weighted by molar-refractivity contribution is 6.36. The van der Waals surface area contributed by atoms with Gasteiger partial charge in [-0.15, -0.1) is 0 Å². The van der Waals surface area contributed by atoms with Crippen LogP contribution >= 0.6 is 0 Å². The average Bonchev–Trinajstić information content (AvgIpc) is 2.21. The van der Waals surface area contributed by atoms with E-state index in [1.165, 1.54) is 0 Å². The summed E-state index contributed by atoms with van der Waals surface area (Å²) in [6.45, 7) is 2.42. The first kappa shape index (κ1) is 10.2. The quantitative estimate of drug-likeness (QED) is 0.341. The third kappa shape index (κ3) is 2.32. The van der Waals surface area contributed by atoms with Crippen molar-refractivity contribution in [2.24, 2.45) is 5.16 Å². The van der Waals surface area contributed by atoms with Gasteiger partial charge in [-0.3, -0.25) is 4.79 Å². The molecule has 0 aliphatic carbocycles. The van der Waals surface area contributed by atoms with Gasteiger partial charge in [-0.1, -0.05) is 17.3 Å². The molecular formula is C10H11NO3. The molecule has 74 valence electrons. The van der Waals surface area contributed by atoms with Gasteiger partial charge in [-0.25, -0.2) is 0 Å². The van der Waals surface area contributed by atoms with E-state index in [-0.39, 0.29) is 5.71 Å². The summed E-state index contributed by atoms with van der Waals surface area (Å²) in [6, 6.07) is 6.82. The predicted octanol–water partition coefficient (Wildman–Crippen LogP) is 1.46. The molecule has 1 N–H and O–H groups in total. The van der Waals surface area contributed by atoms with Crippen LogP contribution in [0.25, 0.3) is 0 Å². The molecular weight excluding hydrogens is 182 g/mol. The van der Waals surface area contributed by atoms with Gasteiger partial charge in [0, 0.05) is 5.56 Å². The summed E-state index contributed by atoms with van der Waals surface area (Å²) in [6.07, 6.45) is 0.491. The minimum absolute atomic E-state index is 0.00782. The molecule has 0 unspecified atom stereocenters. The zero-order chi connectivity index (χ0) is 10.4. The Morgan fingerprint density at radius 2 is 2.43 bits per heavy atom. The molecule has 0 saturated carbocycles. The van der Waals surface area contributed by atoms with Crippen molar-refractivity contribution < 1.29 is 14.7 Å². The van der Waals surface area contributed by atoms with Gasteiger partial charge >= 0.3 is 0 Å². The number of hydrogen-bond acceptors (Lipinski definition) is 4. The first-order chi connectivity index (χ1) is 6.81. The summed E-state index contributed by atoms with van der Waals surface area (Å²) < 4.78 is 5.23. The highest BCUT2D eigenvalue weighted by Crippen LogP contribution is 2.13. The van der Waals surface area contributed by atoms with E-state index in [1.54, 1.807) is 24.3 Å². The van der Waals surface area contributed by atoms with E-state index in [2.05, 4.69) is 5.16 Å². The molecule has 1 aromatic carbocycles. The van der Waals surface area contributed by atoms with Gasteiger partial charge in [-0.2, -0.15) is 0 Å². The van der Waals surface area contributed by atoms with E-state index in [9.17, 15) is 4.79 Å². The maximum Gasteiger partial charge on any atom is 0.172 e. The summed E-state index contributed by atoms with van der Waals surface area (Å²) in [5.41, 5.74) is 0.528. The molecule has 0 amide bonds. The van der Waals surface area contributed by atoms with E-state index in [0.29, 0.717) is 24.2 Å². The lowest BCUT2D eigenvalue weighted by atomic mass is 10.1. The fourth-order valence-electron chi connectivity index (χ4n) is 1.06. The molecule has 0 saturated heterocycles. The fraction of sp³-hybridized carbons (Fsp3) is 0.200. The number of carbonyl (C=O) groups is 1. The summed E-state index contributed by atoms with van der Waals surface area (Å²) in [5.74, 6) is 0.646. The lowest BCUT2D eigenvalue weighted by molar-refractivity contribution is -0.102. The second-order valence-electron chi connectivity index (χ2n) is 2.56. The lowest BCUT2D eigenvalue weighted by Gasteiger charge is -2.03. The normalized spacial score (nSPS) is 11.1. The second-order valence-corrected chi connectivity index (χ2v) is 2.56. The van der Waals surface area contributed by atoms with Crippen molar-refractivity contribution >= 4 is 12.0 Å². The van der Waals surface area contributed by atoms with Crippen LogP contribution in [0.1, 0.15) is 12.5 Å². The Bertz CT molecular complexity index is 347. The van der Waals surface area contributed by atoms with Gasteiger partial charge < -0.3 is 9.94 Å². The molecule has 14 heavy (non-hydrogen) atoms. The number of aldehydes is 1. The van der Waals surface area contributed by atoms with Crippen LogP contribution in [0.15, 0.2) is 29.4 Å². The molecule has 1 rings (SSSR count). The van der Waals surface area contributed by atoms with Crippen LogP contribution in [0.4, 0.5) is 0 Å². The zero-order valence-corrected chi connectivity index (χ0v) is 7.80. The number of hydrogen-bond donors (Lipinski definition) is 1. The summed E-state index contributed by atoms with van der Waals surface area (Å²) >= 11 is 0. The summed E-state index contributed by atoms with van der Waals surface area (Å²) in [4.78, 5) is 10.5. The third-order valence-corrected chi connectivity index (χ3v) is 1.66. The van der Waals surface area contributed by atoms with Gasteiger partial charge in [0.1, 0.15) is 11.5 Å². The Kier molecular flexibility index (Phi) is 3.67. The number of ether oxygens (including phenoxy) is 1. The smallest absolute Gasteiger partial charge is 0.172 e. The molecule has 0 fully saturated rings. The van der Waals surface area contributed by atoms with Crippen LogP contribution in [0.3, 0.4) is 0 Å². The molecule has 0 aromatic heterocycles. The predicted molar refractivity (Wildman–Crippen MR) is 52.0 cm³/mol. The van der Waals surface area contributed by atoms with Gasteiger partial charge in [0.15, 0.2) is 6.29 Å². The van der Waals surface area contributed by atoms with Crippen molar-refractivity contribution in [2.75, 3.05) is 6.61 Å². The minimum atomic E-state index is -0.00782. The highest BCUT2D eigenvalue weighted by atomic mass is 16.5. The minimum Gasteiger partial charge on any atom is -0.494 e. The first-order valence-corrected chi connectivity index (χ1v) is 4.22. The molecule has 0 heterocycles. The Balaban J connectivity index is 2.98. The van der Waals surface area contributed by atoms with Crippen LogP contribution in [0, 0.1) is 0 Å². The SMILES string of the molecule is CCOc1cccc(C(C=O)=NO)c1. The van der Waals surface area contributed by atoms with Crippen molar-refractivity contribution in [3.8, 4) is 5.75 Å². The van der Waals surface area contributed by atoms with Crippen molar-refractivity contribution in [3.63, 3.8) is 0 Å². The average molecular weight is 193 g/mol. The number of carbonyl (C=O) groups excluding carboxylic acids is 1. The van der Waals surface area contributed by atoms with E-state index in [0.717, 1.165) is 0 Å². The van der Waals surface area contributed by atoms with Crippen LogP contribution < -0.4 is 4.74 Å². The molecule has 0 aliphatic heterocycles. The van der Waals surface area contributed by atoms with Crippen molar-refractivity contribution in [1.82, 2.24) is 0 Å². The van der Waals surface area contributed by atoms with E-state index in [1.807, 2.05) is 6.92 Å². The largest absolute Gasteiger partial charge is 0.494 e. The third-order valence-electron chi connectivity index (χ3n) is 1.66.